The largest absolute Gasteiger partial charge is 0.497 e. The molecule has 1 aromatic carbocycles. The Bertz CT molecular complexity index is 423. The minimum atomic E-state index is -0.957. The third kappa shape index (κ3) is 3.92. The molecule has 0 saturated heterocycles. The second kappa shape index (κ2) is 5.73. The van der Waals surface area contributed by atoms with Gasteiger partial charge in [0.1, 0.15) is 11.5 Å². The molecule has 18 heavy (non-hydrogen) atoms. The lowest BCUT2D eigenvalue weighted by atomic mass is 10.1. The maximum atomic E-state index is 12.0. The predicted octanol–water partition coefficient (Wildman–Crippen LogP) is 1.20. The van der Waals surface area contributed by atoms with Crippen LogP contribution in [0.4, 0.5) is 0 Å². The molecule has 5 nitrogen and oxygen atoms in total. The van der Waals surface area contributed by atoms with Gasteiger partial charge in [-0.05, 0) is 32.0 Å². The minimum Gasteiger partial charge on any atom is -0.497 e. The Kier molecular flexibility index (Phi) is 4.55. The highest BCUT2D eigenvalue weighted by Gasteiger charge is 2.17. The van der Waals surface area contributed by atoms with Crippen molar-refractivity contribution >= 4 is 5.91 Å². The molecule has 1 aromatic rings. The van der Waals surface area contributed by atoms with Crippen molar-refractivity contribution in [3.05, 3.63) is 23.8 Å². The molecular weight excluding hydrogens is 234 g/mol. The van der Waals surface area contributed by atoms with Crippen molar-refractivity contribution in [2.24, 2.45) is 0 Å². The fourth-order valence-electron chi connectivity index (χ4n) is 1.38. The summed E-state index contributed by atoms with van der Waals surface area (Å²) in [6.07, 6.45) is 0. The Hall–Kier alpha value is -1.75. The smallest absolute Gasteiger partial charge is 0.255 e. The van der Waals surface area contributed by atoms with Gasteiger partial charge in [0.05, 0.1) is 25.4 Å². The molecule has 0 aromatic heterocycles. The number of nitrogens with one attached hydrogen (secondary N) is 1. The van der Waals surface area contributed by atoms with Crippen molar-refractivity contribution in [3.8, 4) is 11.5 Å². The predicted molar refractivity (Wildman–Crippen MR) is 68.2 cm³/mol. The molecule has 0 radical (unpaired) electrons. The van der Waals surface area contributed by atoms with E-state index in [0.29, 0.717) is 17.1 Å². The lowest BCUT2D eigenvalue weighted by molar-refractivity contribution is 0.0692. The van der Waals surface area contributed by atoms with Gasteiger partial charge >= 0.3 is 0 Å². The zero-order valence-electron chi connectivity index (χ0n) is 11.1. The zero-order valence-corrected chi connectivity index (χ0v) is 11.1. The summed E-state index contributed by atoms with van der Waals surface area (Å²) in [5.41, 5.74) is -0.581. The number of aliphatic hydroxyl groups is 1. The van der Waals surface area contributed by atoms with E-state index < -0.39 is 5.60 Å². The topological polar surface area (TPSA) is 67.8 Å². The molecule has 0 fully saturated rings. The van der Waals surface area contributed by atoms with E-state index in [1.54, 1.807) is 32.0 Å². The monoisotopic (exact) mass is 253 g/mol. The summed E-state index contributed by atoms with van der Waals surface area (Å²) in [5, 5.41) is 12.2. The van der Waals surface area contributed by atoms with Crippen LogP contribution in [0, 0.1) is 0 Å². The fourth-order valence-corrected chi connectivity index (χ4v) is 1.38. The van der Waals surface area contributed by atoms with Crippen molar-refractivity contribution in [1.29, 1.82) is 0 Å². The van der Waals surface area contributed by atoms with Crippen LogP contribution in [0.3, 0.4) is 0 Å². The lowest BCUT2D eigenvalue weighted by Gasteiger charge is -2.18. The van der Waals surface area contributed by atoms with E-state index in [9.17, 15) is 9.90 Å². The molecule has 0 aliphatic rings. The lowest BCUT2D eigenvalue weighted by Crippen LogP contribution is -2.38. The molecule has 2 N–H and O–H groups in total. The van der Waals surface area contributed by atoms with Crippen LogP contribution in [0.25, 0.3) is 0 Å². The van der Waals surface area contributed by atoms with E-state index in [-0.39, 0.29) is 12.5 Å². The van der Waals surface area contributed by atoms with Gasteiger partial charge in [0, 0.05) is 6.54 Å². The van der Waals surface area contributed by atoms with Gasteiger partial charge in [-0.2, -0.15) is 0 Å². The van der Waals surface area contributed by atoms with Crippen molar-refractivity contribution in [2.75, 3.05) is 20.8 Å². The Morgan fingerprint density at radius 2 is 2.00 bits per heavy atom. The molecule has 0 spiro atoms. The highest BCUT2D eigenvalue weighted by Crippen LogP contribution is 2.23. The first-order valence-electron chi connectivity index (χ1n) is 5.60. The van der Waals surface area contributed by atoms with Gasteiger partial charge < -0.3 is 19.9 Å². The quantitative estimate of drug-likeness (QED) is 0.827. The molecule has 0 bridgehead atoms. The molecule has 5 heteroatoms. The third-order valence-electron chi connectivity index (χ3n) is 2.33. The van der Waals surface area contributed by atoms with E-state index in [0.717, 1.165) is 0 Å². The normalized spacial score (nSPS) is 10.9. The summed E-state index contributed by atoms with van der Waals surface area (Å²) >= 11 is 0. The van der Waals surface area contributed by atoms with Crippen molar-refractivity contribution < 1.29 is 19.4 Å². The number of hydrogen-bond donors (Lipinski definition) is 2. The molecule has 0 aliphatic carbocycles. The number of amides is 1. The van der Waals surface area contributed by atoms with Gasteiger partial charge in [0.2, 0.25) is 0 Å². The number of carbonyl (C=O) groups excluding carboxylic acids is 1. The van der Waals surface area contributed by atoms with Crippen LogP contribution in [0.5, 0.6) is 11.5 Å². The van der Waals surface area contributed by atoms with Crippen LogP contribution in [-0.2, 0) is 0 Å². The van der Waals surface area contributed by atoms with Gasteiger partial charge in [-0.15, -0.1) is 0 Å². The molecule has 0 heterocycles. The SMILES string of the molecule is COc1ccc(OC)c(C(=O)NCC(C)(C)O)c1. The van der Waals surface area contributed by atoms with E-state index in [4.69, 9.17) is 9.47 Å². The Balaban J connectivity index is 2.89. The van der Waals surface area contributed by atoms with Crippen molar-refractivity contribution in [2.45, 2.75) is 19.4 Å². The summed E-state index contributed by atoms with van der Waals surface area (Å²) in [4.78, 5) is 12.0. The van der Waals surface area contributed by atoms with Crippen molar-refractivity contribution in [3.63, 3.8) is 0 Å². The molecule has 0 unspecified atom stereocenters. The average Bonchev–Trinajstić information content (AvgIpc) is 2.34. The molecule has 100 valence electrons. The molecule has 0 saturated carbocycles. The summed E-state index contributed by atoms with van der Waals surface area (Å²) < 4.78 is 10.2. The number of hydrogen-bond acceptors (Lipinski definition) is 4. The summed E-state index contributed by atoms with van der Waals surface area (Å²) in [7, 11) is 3.02. The molecule has 0 atom stereocenters. The molecular formula is C13H19NO4. The van der Waals surface area contributed by atoms with Crippen LogP contribution in [0.1, 0.15) is 24.2 Å². The van der Waals surface area contributed by atoms with Crippen LogP contribution < -0.4 is 14.8 Å². The summed E-state index contributed by atoms with van der Waals surface area (Å²) in [5.74, 6) is 0.723. The van der Waals surface area contributed by atoms with E-state index in [1.807, 2.05) is 0 Å². The van der Waals surface area contributed by atoms with Crippen LogP contribution >= 0.6 is 0 Å². The Morgan fingerprint density at radius 3 is 2.50 bits per heavy atom. The van der Waals surface area contributed by atoms with Gasteiger partial charge in [-0.1, -0.05) is 0 Å². The van der Waals surface area contributed by atoms with E-state index >= 15 is 0 Å². The van der Waals surface area contributed by atoms with Crippen LogP contribution in [-0.4, -0.2) is 37.4 Å². The second-order valence-electron chi connectivity index (χ2n) is 4.56. The molecule has 1 rings (SSSR count). The Morgan fingerprint density at radius 1 is 1.33 bits per heavy atom. The number of methoxy groups -OCH3 is 2. The number of benzene rings is 1. The van der Waals surface area contributed by atoms with E-state index in [2.05, 4.69) is 5.32 Å². The van der Waals surface area contributed by atoms with Gasteiger partial charge in [-0.3, -0.25) is 4.79 Å². The fraction of sp³-hybridized carbons (Fsp3) is 0.462. The number of ether oxygens (including phenoxy) is 2. The summed E-state index contributed by atoms with van der Waals surface area (Å²) in [6.45, 7) is 3.40. The average molecular weight is 253 g/mol. The minimum absolute atomic E-state index is 0.159. The first-order chi connectivity index (χ1) is 8.37. The van der Waals surface area contributed by atoms with Gasteiger partial charge in [-0.25, -0.2) is 0 Å². The van der Waals surface area contributed by atoms with Crippen LogP contribution in [0.15, 0.2) is 18.2 Å². The van der Waals surface area contributed by atoms with Crippen LogP contribution in [0.2, 0.25) is 0 Å². The third-order valence-corrected chi connectivity index (χ3v) is 2.33. The highest BCUT2D eigenvalue weighted by molar-refractivity contribution is 5.97. The van der Waals surface area contributed by atoms with E-state index in [1.165, 1.54) is 14.2 Å². The van der Waals surface area contributed by atoms with Crippen molar-refractivity contribution in [1.82, 2.24) is 5.32 Å². The zero-order chi connectivity index (χ0) is 13.8. The number of carbonyl (C=O) groups is 1. The first kappa shape index (κ1) is 14.3. The Labute approximate surface area is 107 Å². The van der Waals surface area contributed by atoms with Gasteiger partial charge in [0.25, 0.3) is 5.91 Å². The maximum absolute atomic E-state index is 12.0. The second-order valence-corrected chi connectivity index (χ2v) is 4.56. The highest BCUT2D eigenvalue weighted by atomic mass is 16.5. The maximum Gasteiger partial charge on any atom is 0.255 e. The molecule has 1 amide bonds. The van der Waals surface area contributed by atoms with Gasteiger partial charge in [0.15, 0.2) is 0 Å². The number of rotatable bonds is 5. The molecule has 0 aliphatic heterocycles. The summed E-state index contributed by atoms with van der Waals surface area (Å²) in [6, 6.07) is 4.97. The first-order valence-corrected chi connectivity index (χ1v) is 5.60. The standard InChI is InChI=1S/C13H19NO4/c1-13(2,16)8-14-12(15)10-7-9(17-3)5-6-11(10)18-4/h5-7,16H,8H2,1-4H3,(H,14,15).